The first kappa shape index (κ1) is 8.32. The lowest BCUT2D eigenvalue weighted by Crippen LogP contribution is -2.26. The van der Waals surface area contributed by atoms with E-state index < -0.39 is 0 Å². The summed E-state index contributed by atoms with van der Waals surface area (Å²) in [4.78, 5) is 3.14. The lowest BCUT2D eigenvalue weighted by Gasteiger charge is -2.23. The predicted octanol–water partition coefficient (Wildman–Crippen LogP) is 2.59. The van der Waals surface area contributed by atoms with Crippen molar-refractivity contribution in [2.75, 3.05) is 6.54 Å². The molecule has 2 N–H and O–H groups in total. The molecule has 0 bridgehead atoms. The SMILES string of the molecule is Brc1[nH]ccc1[C@H]1CCCCN1. The number of H-pyrrole nitrogens is 1. The van der Waals surface area contributed by atoms with Gasteiger partial charge >= 0.3 is 0 Å². The first-order valence-electron chi connectivity index (χ1n) is 4.44. The molecular formula is C9H13BrN2. The maximum absolute atomic E-state index is 3.51. The summed E-state index contributed by atoms with van der Waals surface area (Å²) >= 11 is 3.51. The van der Waals surface area contributed by atoms with Crippen molar-refractivity contribution in [2.45, 2.75) is 25.3 Å². The zero-order valence-corrected chi connectivity index (χ0v) is 8.52. The van der Waals surface area contributed by atoms with Crippen molar-refractivity contribution in [3.05, 3.63) is 22.4 Å². The Balaban J connectivity index is 2.13. The molecule has 2 rings (SSSR count). The Hall–Kier alpha value is -0.280. The lowest BCUT2D eigenvalue weighted by molar-refractivity contribution is 0.411. The van der Waals surface area contributed by atoms with E-state index in [9.17, 15) is 0 Å². The molecule has 1 aromatic rings. The minimum absolute atomic E-state index is 0.555. The Bertz CT molecular complexity index is 251. The van der Waals surface area contributed by atoms with Crippen molar-refractivity contribution in [3.63, 3.8) is 0 Å². The minimum Gasteiger partial charge on any atom is -0.356 e. The molecule has 2 nitrogen and oxygen atoms in total. The molecule has 0 amide bonds. The highest BCUT2D eigenvalue weighted by molar-refractivity contribution is 9.10. The molecule has 1 aliphatic heterocycles. The summed E-state index contributed by atoms with van der Waals surface area (Å²) < 4.78 is 1.13. The largest absolute Gasteiger partial charge is 0.356 e. The average Bonchev–Trinajstić information content (AvgIpc) is 2.53. The van der Waals surface area contributed by atoms with E-state index in [4.69, 9.17) is 0 Å². The molecule has 1 saturated heterocycles. The Kier molecular flexibility index (Phi) is 2.51. The molecule has 0 radical (unpaired) electrons. The zero-order valence-electron chi connectivity index (χ0n) is 6.94. The molecule has 1 fully saturated rings. The summed E-state index contributed by atoms with van der Waals surface area (Å²) in [6.45, 7) is 1.16. The van der Waals surface area contributed by atoms with Gasteiger partial charge in [-0.15, -0.1) is 0 Å². The van der Waals surface area contributed by atoms with Crippen LogP contribution in [0.2, 0.25) is 0 Å². The van der Waals surface area contributed by atoms with E-state index in [0.717, 1.165) is 11.1 Å². The van der Waals surface area contributed by atoms with Crippen LogP contribution in [-0.2, 0) is 0 Å². The van der Waals surface area contributed by atoms with E-state index in [1.807, 2.05) is 6.20 Å². The molecule has 1 aliphatic rings. The standard InChI is InChI=1S/C9H13BrN2/c10-9-7(4-6-12-9)8-3-1-2-5-11-8/h4,6,8,11-12H,1-3,5H2/t8-/m1/s1. The Morgan fingerprint density at radius 1 is 1.42 bits per heavy atom. The van der Waals surface area contributed by atoms with Gasteiger partial charge in [-0.05, 0) is 41.4 Å². The monoisotopic (exact) mass is 228 g/mol. The van der Waals surface area contributed by atoms with Gasteiger partial charge in [0.1, 0.15) is 0 Å². The van der Waals surface area contributed by atoms with Crippen LogP contribution in [0.5, 0.6) is 0 Å². The van der Waals surface area contributed by atoms with E-state index in [1.54, 1.807) is 0 Å². The highest BCUT2D eigenvalue weighted by Gasteiger charge is 2.16. The Labute approximate surface area is 80.9 Å². The van der Waals surface area contributed by atoms with Crippen molar-refractivity contribution >= 4 is 15.9 Å². The third-order valence-corrected chi connectivity index (χ3v) is 3.10. The van der Waals surface area contributed by atoms with Crippen LogP contribution in [-0.4, -0.2) is 11.5 Å². The number of hydrogen-bond donors (Lipinski definition) is 2. The number of aromatic nitrogens is 1. The molecule has 0 aliphatic carbocycles. The fourth-order valence-electron chi connectivity index (χ4n) is 1.75. The van der Waals surface area contributed by atoms with Crippen LogP contribution in [0.1, 0.15) is 30.9 Å². The quantitative estimate of drug-likeness (QED) is 0.761. The van der Waals surface area contributed by atoms with Crippen LogP contribution >= 0.6 is 15.9 Å². The summed E-state index contributed by atoms with van der Waals surface area (Å²) in [6, 6.07) is 2.70. The fraction of sp³-hybridized carbons (Fsp3) is 0.556. The maximum Gasteiger partial charge on any atom is 0.0868 e. The van der Waals surface area contributed by atoms with Crippen LogP contribution in [0.3, 0.4) is 0 Å². The molecule has 0 spiro atoms. The summed E-state index contributed by atoms with van der Waals surface area (Å²) in [5, 5.41) is 3.51. The van der Waals surface area contributed by atoms with Crippen molar-refractivity contribution in [3.8, 4) is 0 Å². The van der Waals surface area contributed by atoms with Crippen molar-refractivity contribution < 1.29 is 0 Å². The van der Waals surface area contributed by atoms with Gasteiger partial charge in [0.2, 0.25) is 0 Å². The Morgan fingerprint density at radius 3 is 2.92 bits per heavy atom. The topological polar surface area (TPSA) is 27.8 Å². The number of rotatable bonds is 1. The molecule has 2 heterocycles. The zero-order chi connectivity index (χ0) is 8.39. The van der Waals surface area contributed by atoms with Gasteiger partial charge in [0.15, 0.2) is 0 Å². The number of piperidine rings is 1. The third kappa shape index (κ3) is 1.57. The average molecular weight is 229 g/mol. The number of aromatic amines is 1. The third-order valence-electron chi connectivity index (χ3n) is 2.41. The summed E-state index contributed by atoms with van der Waals surface area (Å²) in [5.41, 5.74) is 1.37. The highest BCUT2D eigenvalue weighted by atomic mass is 79.9. The van der Waals surface area contributed by atoms with Gasteiger partial charge in [-0.25, -0.2) is 0 Å². The van der Waals surface area contributed by atoms with Crippen LogP contribution in [0.25, 0.3) is 0 Å². The second kappa shape index (κ2) is 3.62. The molecule has 66 valence electrons. The highest BCUT2D eigenvalue weighted by Crippen LogP contribution is 2.27. The maximum atomic E-state index is 3.51. The van der Waals surface area contributed by atoms with Gasteiger partial charge in [-0.3, -0.25) is 0 Å². The van der Waals surface area contributed by atoms with E-state index in [2.05, 4.69) is 32.3 Å². The van der Waals surface area contributed by atoms with Gasteiger partial charge in [-0.1, -0.05) is 6.42 Å². The molecule has 3 heteroatoms. The van der Waals surface area contributed by atoms with Crippen LogP contribution in [0.4, 0.5) is 0 Å². The van der Waals surface area contributed by atoms with Gasteiger partial charge < -0.3 is 10.3 Å². The minimum atomic E-state index is 0.555. The number of hydrogen-bond acceptors (Lipinski definition) is 1. The molecular weight excluding hydrogens is 216 g/mol. The van der Waals surface area contributed by atoms with E-state index in [1.165, 1.54) is 24.8 Å². The second-order valence-corrected chi connectivity index (χ2v) is 4.04. The lowest BCUT2D eigenvalue weighted by atomic mass is 10.0. The smallest absolute Gasteiger partial charge is 0.0868 e. The molecule has 1 atom stereocenters. The number of halogens is 1. The molecule has 0 saturated carbocycles. The van der Waals surface area contributed by atoms with Crippen molar-refractivity contribution in [1.29, 1.82) is 0 Å². The van der Waals surface area contributed by atoms with E-state index in [-0.39, 0.29) is 0 Å². The van der Waals surface area contributed by atoms with Crippen LogP contribution in [0.15, 0.2) is 16.9 Å². The molecule has 1 aromatic heterocycles. The second-order valence-electron chi connectivity index (χ2n) is 3.25. The molecule has 0 unspecified atom stereocenters. The summed E-state index contributed by atoms with van der Waals surface area (Å²) in [6.07, 6.45) is 5.90. The fourth-order valence-corrected chi connectivity index (χ4v) is 2.29. The van der Waals surface area contributed by atoms with Gasteiger partial charge in [0, 0.05) is 17.8 Å². The van der Waals surface area contributed by atoms with Crippen LogP contribution in [0, 0.1) is 0 Å². The van der Waals surface area contributed by atoms with Gasteiger partial charge in [0.05, 0.1) is 4.60 Å². The van der Waals surface area contributed by atoms with Gasteiger partial charge in [-0.2, -0.15) is 0 Å². The first-order chi connectivity index (χ1) is 5.88. The first-order valence-corrected chi connectivity index (χ1v) is 5.23. The normalized spacial score (nSPS) is 24.2. The summed E-state index contributed by atoms with van der Waals surface area (Å²) in [7, 11) is 0. The number of nitrogens with one attached hydrogen (secondary N) is 2. The van der Waals surface area contributed by atoms with E-state index in [0.29, 0.717) is 6.04 Å². The Morgan fingerprint density at radius 2 is 2.33 bits per heavy atom. The van der Waals surface area contributed by atoms with Crippen molar-refractivity contribution in [2.24, 2.45) is 0 Å². The van der Waals surface area contributed by atoms with Gasteiger partial charge in [0.25, 0.3) is 0 Å². The van der Waals surface area contributed by atoms with E-state index >= 15 is 0 Å². The van der Waals surface area contributed by atoms with Crippen molar-refractivity contribution in [1.82, 2.24) is 10.3 Å². The molecule has 0 aromatic carbocycles. The van der Waals surface area contributed by atoms with Crippen LogP contribution < -0.4 is 5.32 Å². The summed E-state index contributed by atoms with van der Waals surface area (Å²) in [5.74, 6) is 0. The molecule has 12 heavy (non-hydrogen) atoms. The predicted molar refractivity (Wildman–Crippen MR) is 53.1 cm³/mol.